The predicted octanol–water partition coefficient (Wildman–Crippen LogP) is 11.1. The maximum absolute atomic E-state index is 2.36. The van der Waals surface area contributed by atoms with Crippen LogP contribution in [-0.4, -0.2) is 28.2 Å². The van der Waals surface area contributed by atoms with Gasteiger partial charge in [0, 0.05) is 73.7 Å². The second kappa shape index (κ2) is 12.6. The Labute approximate surface area is 274 Å². The molecular weight excluding hydrogens is 560 g/mol. The van der Waals surface area contributed by atoms with Gasteiger partial charge in [0.15, 0.2) is 0 Å². The molecule has 0 amide bonds. The van der Waals surface area contributed by atoms with E-state index in [1.807, 2.05) is 0 Å². The molecule has 0 N–H and O–H groups in total. The third kappa shape index (κ3) is 6.16. The summed E-state index contributed by atoms with van der Waals surface area (Å²) < 4.78 is 0. The lowest BCUT2D eigenvalue weighted by Gasteiger charge is -2.29. The number of hydrogen-bond acceptors (Lipinski definition) is 4. The van der Waals surface area contributed by atoms with Crippen LogP contribution in [0.25, 0.3) is 10.8 Å². The zero-order chi connectivity index (χ0) is 32.5. The Morgan fingerprint density at radius 1 is 0.304 bits per heavy atom. The highest BCUT2D eigenvalue weighted by molar-refractivity contribution is 5.97. The van der Waals surface area contributed by atoms with E-state index in [9.17, 15) is 0 Å². The van der Waals surface area contributed by atoms with Crippen molar-refractivity contribution in [1.29, 1.82) is 0 Å². The van der Waals surface area contributed by atoms with E-state index in [2.05, 4.69) is 197 Å². The third-order valence-electron chi connectivity index (χ3n) is 8.80. The van der Waals surface area contributed by atoms with Gasteiger partial charge in [-0.2, -0.15) is 0 Å². The summed E-state index contributed by atoms with van der Waals surface area (Å²) in [6.07, 6.45) is 0. The maximum Gasteiger partial charge on any atom is 0.0470 e. The number of hydrogen-bond donors (Lipinski definition) is 0. The standard InChI is InChI=1S/C42H44N4/c1-29-9-13-35(14-10-29)45(37-21-17-33(18-22-37)43(5)6)39-25-31(3)42-28-40(26-32(4)41(42)27-39)46(36-15-11-30(2)12-16-36)38-23-19-34(20-24-38)44(7)8/h9-28H,1-8H3. The van der Waals surface area contributed by atoms with Gasteiger partial charge in [-0.25, -0.2) is 0 Å². The number of anilines is 8. The normalized spacial score (nSPS) is 11.0. The van der Waals surface area contributed by atoms with Gasteiger partial charge in [0.25, 0.3) is 0 Å². The third-order valence-corrected chi connectivity index (χ3v) is 8.80. The molecule has 6 aromatic carbocycles. The van der Waals surface area contributed by atoms with Gasteiger partial charge in [0.2, 0.25) is 0 Å². The fourth-order valence-corrected chi connectivity index (χ4v) is 6.13. The van der Waals surface area contributed by atoms with Crippen LogP contribution < -0.4 is 19.6 Å². The van der Waals surface area contributed by atoms with E-state index < -0.39 is 0 Å². The van der Waals surface area contributed by atoms with Gasteiger partial charge in [-0.3, -0.25) is 0 Å². The van der Waals surface area contributed by atoms with Crippen molar-refractivity contribution >= 4 is 56.3 Å². The average Bonchev–Trinajstić information content (AvgIpc) is 3.04. The van der Waals surface area contributed by atoms with E-state index in [4.69, 9.17) is 0 Å². The highest BCUT2D eigenvalue weighted by Gasteiger charge is 2.18. The van der Waals surface area contributed by atoms with Gasteiger partial charge < -0.3 is 19.6 Å². The molecule has 46 heavy (non-hydrogen) atoms. The van der Waals surface area contributed by atoms with Crippen LogP contribution in [0.3, 0.4) is 0 Å². The summed E-state index contributed by atoms with van der Waals surface area (Å²) in [7, 11) is 8.31. The molecule has 0 atom stereocenters. The summed E-state index contributed by atoms with van der Waals surface area (Å²) in [6.45, 7) is 8.74. The van der Waals surface area contributed by atoms with Crippen LogP contribution >= 0.6 is 0 Å². The zero-order valence-electron chi connectivity index (χ0n) is 28.3. The van der Waals surface area contributed by atoms with Gasteiger partial charge in [0.1, 0.15) is 0 Å². The minimum Gasteiger partial charge on any atom is -0.378 e. The molecule has 0 saturated heterocycles. The van der Waals surface area contributed by atoms with E-state index >= 15 is 0 Å². The molecule has 0 radical (unpaired) electrons. The van der Waals surface area contributed by atoms with Crippen LogP contribution in [0.2, 0.25) is 0 Å². The summed E-state index contributed by atoms with van der Waals surface area (Å²) in [4.78, 5) is 9.00. The number of fused-ring (bicyclic) bond motifs is 1. The van der Waals surface area contributed by atoms with Crippen LogP contribution in [0.5, 0.6) is 0 Å². The molecule has 4 nitrogen and oxygen atoms in total. The van der Waals surface area contributed by atoms with Gasteiger partial charge >= 0.3 is 0 Å². The fourth-order valence-electron chi connectivity index (χ4n) is 6.13. The second-order valence-electron chi connectivity index (χ2n) is 12.8. The van der Waals surface area contributed by atoms with Gasteiger partial charge in [-0.15, -0.1) is 0 Å². The van der Waals surface area contributed by atoms with Gasteiger partial charge in [0.05, 0.1) is 0 Å². The minimum absolute atomic E-state index is 1.13. The second-order valence-corrected chi connectivity index (χ2v) is 12.8. The average molecular weight is 605 g/mol. The first-order valence-corrected chi connectivity index (χ1v) is 15.9. The quantitative estimate of drug-likeness (QED) is 0.171. The minimum atomic E-state index is 1.13. The number of nitrogens with zero attached hydrogens (tertiary/aromatic N) is 4. The van der Waals surface area contributed by atoms with Crippen molar-refractivity contribution in [3.63, 3.8) is 0 Å². The van der Waals surface area contributed by atoms with Crippen molar-refractivity contribution in [2.24, 2.45) is 0 Å². The number of benzene rings is 6. The summed E-state index contributed by atoms with van der Waals surface area (Å²) in [6, 6.07) is 44.6. The molecule has 0 aromatic heterocycles. The van der Waals surface area contributed by atoms with Crippen molar-refractivity contribution in [1.82, 2.24) is 0 Å². The topological polar surface area (TPSA) is 13.0 Å². The largest absolute Gasteiger partial charge is 0.378 e. The lowest BCUT2D eigenvalue weighted by atomic mass is 9.97. The maximum atomic E-state index is 2.36. The first kappa shape index (κ1) is 30.8. The van der Waals surface area contributed by atoms with Crippen LogP contribution in [0, 0.1) is 27.7 Å². The Morgan fingerprint density at radius 2 is 0.565 bits per heavy atom. The predicted molar refractivity (Wildman–Crippen MR) is 201 cm³/mol. The summed E-state index contributed by atoms with van der Waals surface area (Å²) >= 11 is 0. The van der Waals surface area contributed by atoms with Crippen molar-refractivity contribution in [3.05, 3.63) is 144 Å². The van der Waals surface area contributed by atoms with Crippen LogP contribution in [0.15, 0.2) is 121 Å². The highest BCUT2D eigenvalue weighted by atomic mass is 15.2. The van der Waals surface area contributed by atoms with Gasteiger partial charge in [-0.1, -0.05) is 35.4 Å². The summed E-state index contributed by atoms with van der Waals surface area (Å²) in [5, 5.41) is 2.51. The molecule has 6 rings (SSSR count). The summed E-state index contributed by atoms with van der Waals surface area (Å²) in [5.41, 5.74) is 14.2. The molecule has 0 fully saturated rings. The Morgan fingerprint density at radius 3 is 0.848 bits per heavy atom. The van der Waals surface area contributed by atoms with E-state index in [0.29, 0.717) is 0 Å². The molecule has 0 aliphatic rings. The Bertz CT molecular complexity index is 1810. The van der Waals surface area contributed by atoms with Crippen LogP contribution in [-0.2, 0) is 0 Å². The van der Waals surface area contributed by atoms with Crippen molar-refractivity contribution in [2.75, 3.05) is 47.8 Å². The van der Waals surface area contributed by atoms with Crippen LogP contribution in [0.4, 0.5) is 45.5 Å². The molecule has 6 aromatic rings. The summed E-state index contributed by atoms with van der Waals surface area (Å²) in [5.74, 6) is 0. The van der Waals surface area contributed by atoms with Crippen LogP contribution in [0.1, 0.15) is 22.3 Å². The highest BCUT2D eigenvalue weighted by Crippen LogP contribution is 2.42. The lowest BCUT2D eigenvalue weighted by molar-refractivity contribution is 1.13. The number of rotatable bonds is 8. The zero-order valence-corrected chi connectivity index (χ0v) is 28.3. The van der Waals surface area contributed by atoms with E-state index in [1.165, 1.54) is 44.4 Å². The van der Waals surface area contributed by atoms with E-state index in [1.54, 1.807) is 0 Å². The first-order valence-electron chi connectivity index (χ1n) is 15.9. The molecule has 0 saturated carbocycles. The molecule has 0 bridgehead atoms. The Hall–Kier alpha value is -5.22. The van der Waals surface area contributed by atoms with Crippen molar-refractivity contribution in [3.8, 4) is 0 Å². The number of aryl methyl sites for hydroxylation is 4. The van der Waals surface area contributed by atoms with Crippen molar-refractivity contribution < 1.29 is 0 Å². The molecule has 0 unspecified atom stereocenters. The molecule has 4 heteroatoms. The molecular formula is C42H44N4. The SMILES string of the molecule is Cc1ccc(N(c2ccc(N(C)C)cc2)c2cc(C)c3cc(N(c4ccc(C)cc4)c4ccc(N(C)C)cc4)cc(C)c3c2)cc1. The van der Waals surface area contributed by atoms with Gasteiger partial charge in [-0.05, 0) is 147 Å². The Kier molecular flexibility index (Phi) is 8.46. The van der Waals surface area contributed by atoms with E-state index in [-0.39, 0.29) is 0 Å². The molecule has 232 valence electrons. The van der Waals surface area contributed by atoms with E-state index in [0.717, 1.165) is 34.1 Å². The fraction of sp³-hybridized carbons (Fsp3) is 0.190. The first-order chi connectivity index (χ1) is 22.1. The molecule has 0 aliphatic carbocycles. The monoisotopic (exact) mass is 604 g/mol. The Balaban J connectivity index is 1.49. The molecule has 0 heterocycles. The smallest absolute Gasteiger partial charge is 0.0470 e. The lowest BCUT2D eigenvalue weighted by Crippen LogP contribution is -2.13. The molecule has 0 aliphatic heterocycles. The molecule has 0 spiro atoms. The van der Waals surface area contributed by atoms with Crippen molar-refractivity contribution in [2.45, 2.75) is 27.7 Å².